The summed E-state index contributed by atoms with van der Waals surface area (Å²) in [4.78, 5) is 34.7. The third-order valence-corrected chi connectivity index (χ3v) is 3.15. The van der Waals surface area contributed by atoms with Crippen molar-refractivity contribution in [1.29, 1.82) is 0 Å². The molecule has 1 aliphatic heterocycles. The van der Waals surface area contributed by atoms with Crippen LogP contribution in [0.3, 0.4) is 0 Å². The van der Waals surface area contributed by atoms with Gasteiger partial charge < -0.3 is 15.3 Å². The van der Waals surface area contributed by atoms with Gasteiger partial charge in [-0.2, -0.15) is 0 Å². The zero-order valence-electron chi connectivity index (χ0n) is 11.2. The molecule has 1 saturated heterocycles. The molecule has 6 nitrogen and oxygen atoms in total. The van der Waals surface area contributed by atoms with Crippen LogP contribution in [0.2, 0.25) is 0 Å². The van der Waals surface area contributed by atoms with Crippen LogP contribution in [0.1, 0.15) is 44.9 Å². The van der Waals surface area contributed by atoms with Crippen LogP contribution in [-0.2, 0) is 14.4 Å². The van der Waals surface area contributed by atoms with Gasteiger partial charge in [-0.1, -0.05) is 12.8 Å². The van der Waals surface area contributed by atoms with E-state index in [1.807, 2.05) is 0 Å². The van der Waals surface area contributed by atoms with Gasteiger partial charge in [0.25, 0.3) is 0 Å². The number of rotatable bonds is 9. The highest BCUT2D eigenvalue weighted by Gasteiger charge is 2.21. The fourth-order valence-electron chi connectivity index (χ4n) is 2.08. The zero-order chi connectivity index (χ0) is 14.1. The monoisotopic (exact) mass is 270 g/mol. The van der Waals surface area contributed by atoms with Crippen molar-refractivity contribution < 1.29 is 19.5 Å². The Balaban J connectivity index is 1.95. The Morgan fingerprint density at radius 1 is 1.21 bits per heavy atom. The second kappa shape index (κ2) is 8.50. The first-order chi connectivity index (χ1) is 9.09. The number of nitrogens with one attached hydrogen (secondary N) is 1. The summed E-state index contributed by atoms with van der Waals surface area (Å²) in [6.45, 7) is 1.44. The topological polar surface area (TPSA) is 86.7 Å². The van der Waals surface area contributed by atoms with E-state index in [9.17, 15) is 14.4 Å². The smallest absolute Gasteiger partial charge is 0.303 e. The number of carbonyl (C=O) groups is 3. The maximum Gasteiger partial charge on any atom is 0.303 e. The first-order valence-electron chi connectivity index (χ1n) is 6.86. The molecule has 0 aromatic rings. The Kier molecular flexibility index (Phi) is 6.92. The number of hydrogen-bond acceptors (Lipinski definition) is 3. The molecule has 1 rings (SSSR count). The van der Waals surface area contributed by atoms with Crippen LogP contribution in [0.5, 0.6) is 0 Å². The average molecular weight is 270 g/mol. The molecule has 1 heterocycles. The summed E-state index contributed by atoms with van der Waals surface area (Å²) in [5.41, 5.74) is 0. The Hall–Kier alpha value is -1.59. The lowest BCUT2D eigenvalue weighted by Crippen LogP contribution is -2.38. The third kappa shape index (κ3) is 6.79. The molecule has 0 aromatic heterocycles. The lowest BCUT2D eigenvalue weighted by atomic mass is 10.1. The number of carboxylic acid groups (broad SMARTS) is 1. The number of unbranched alkanes of at least 4 members (excludes halogenated alkanes) is 3. The molecule has 19 heavy (non-hydrogen) atoms. The molecule has 6 heteroatoms. The predicted octanol–water partition coefficient (Wildman–Crippen LogP) is 0.760. The normalized spacial score (nSPS) is 14.7. The molecule has 0 aromatic carbocycles. The van der Waals surface area contributed by atoms with Gasteiger partial charge in [-0.3, -0.25) is 14.4 Å². The molecule has 0 spiro atoms. The van der Waals surface area contributed by atoms with E-state index < -0.39 is 5.97 Å². The van der Waals surface area contributed by atoms with Crippen LogP contribution < -0.4 is 5.32 Å². The van der Waals surface area contributed by atoms with Crippen LogP contribution in [0.4, 0.5) is 0 Å². The Bertz CT molecular complexity index is 331. The standard InChI is InChI=1S/C13H22N2O4/c16-11(10-15-9-5-6-12(15)17)14-8-4-2-1-3-7-13(18)19/h1-10H2,(H,14,16)(H,18,19). The minimum atomic E-state index is -0.761. The summed E-state index contributed by atoms with van der Waals surface area (Å²) in [5.74, 6) is -0.812. The molecule has 0 saturated carbocycles. The lowest BCUT2D eigenvalue weighted by Gasteiger charge is -2.14. The van der Waals surface area contributed by atoms with Gasteiger partial charge in [0.1, 0.15) is 0 Å². The van der Waals surface area contributed by atoms with Crippen LogP contribution in [0, 0.1) is 0 Å². The Labute approximate surface area is 113 Å². The first-order valence-corrected chi connectivity index (χ1v) is 6.86. The summed E-state index contributed by atoms with van der Waals surface area (Å²) in [7, 11) is 0. The Morgan fingerprint density at radius 3 is 2.58 bits per heavy atom. The molecule has 1 fully saturated rings. The van der Waals surface area contributed by atoms with Crippen molar-refractivity contribution in [3.05, 3.63) is 0 Å². The summed E-state index contributed by atoms with van der Waals surface area (Å²) in [5, 5.41) is 11.2. The van der Waals surface area contributed by atoms with Crippen molar-refractivity contribution in [3.8, 4) is 0 Å². The molecule has 1 aliphatic rings. The maximum absolute atomic E-state index is 11.5. The predicted molar refractivity (Wildman–Crippen MR) is 69.5 cm³/mol. The third-order valence-electron chi connectivity index (χ3n) is 3.15. The molecule has 2 amide bonds. The largest absolute Gasteiger partial charge is 0.481 e. The number of nitrogens with zero attached hydrogens (tertiary/aromatic N) is 1. The molecule has 0 unspecified atom stereocenters. The summed E-state index contributed by atoms with van der Waals surface area (Å²) >= 11 is 0. The molecular weight excluding hydrogens is 248 g/mol. The quantitative estimate of drug-likeness (QED) is 0.606. The Morgan fingerprint density at radius 2 is 1.95 bits per heavy atom. The molecule has 0 atom stereocenters. The number of likely N-dealkylation sites (tertiary alicyclic amines) is 1. The van der Waals surface area contributed by atoms with Crippen molar-refractivity contribution in [2.75, 3.05) is 19.6 Å². The molecule has 2 N–H and O–H groups in total. The summed E-state index contributed by atoms with van der Waals surface area (Å²) in [6, 6.07) is 0. The van der Waals surface area contributed by atoms with E-state index in [4.69, 9.17) is 5.11 Å². The number of carbonyl (C=O) groups excluding carboxylic acids is 2. The van der Waals surface area contributed by atoms with Gasteiger partial charge in [0.2, 0.25) is 11.8 Å². The minimum Gasteiger partial charge on any atom is -0.481 e. The molecule has 108 valence electrons. The van der Waals surface area contributed by atoms with E-state index >= 15 is 0 Å². The van der Waals surface area contributed by atoms with Gasteiger partial charge in [0, 0.05) is 25.9 Å². The number of hydrogen-bond donors (Lipinski definition) is 2. The van der Waals surface area contributed by atoms with Gasteiger partial charge in [0.05, 0.1) is 6.54 Å². The summed E-state index contributed by atoms with van der Waals surface area (Å²) < 4.78 is 0. The van der Waals surface area contributed by atoms with Crippen LogP contribution in [0.25, 0.3) is 0 Å². The van der Waals surface area contributed by atoms with Gasteiger partial charge in [0.15, 0.2) is 0 Å². The average Bonchev–Trinajstić information content (AvgIpc) is 2.73. The van der Waals surface area contributed by atoms with E-state index in [0.29, 0.717) is 25.9 Å². The number of amides is 2. The SMILES string of the molecule is O=C(O)CCCCCCNC(=O)CN1CCCC1=O. The van der Waals surface area contributed by atoms with E-state index in [0.717, 1.165) is 25.7 Å². The lowest BCUT2D eigenvalue weighted by molar-refractivity contribution is -0.137. The van der Waals surface area contributed by atoms with E-state index in [1.54, 1.807) is 4.90 Å². The van der Waals surface area contributed by atoms with Gasteiger partial charge >= 0.3 is 5.97 Å². The minimum absolute atomic E-state index is 0.0591. The van der Waals surface area contributed by atoms with Gasteiger partial charge in [-0.25, -0.2) is 0 Å². The fourth-order valence-corrected chi connectivity index (χ4v) is 2.08. The van der Waals surface area contributed by atoms with Crippen molar-refractivity contribution >= 4 is 17.8 Å². The van der Waals surface area contributed by atoms with Crippen molar-refractivity contribution in [1.82, 2.24) is 10.2 Å². The van der Waals surface area contributed by atoms with Gasteiger partial charge in [-0.15, -0.1) is 0 Å². The van der Waals surface area contributed by atoms with Crippen molar-refractivity contribution in [2.45, 2.75) is 44.9 Å². The number of aliphatic carboxylic acids is 1. The number of carboxylic acids is 1. The maximum atomic E-state index is 11.5. The van der Waals surface area contributed by atoms with E-state index in [-0.39, 0.29) is 24.8 Å². The summed E-state index contributed by atoms with van der Waals surface area (Å²) in [6.07, 6.45) is 4.92. The highest BCUT2D eigenvalue weighted by atomic mass is 16.4. The van der Waals surface area contributed by atoms with Gasteiger partial charge in [-0.05, 0) is 19.3 Å². The van der Waals surface area contributed by atoms with Crippen LogP contribution in [-0.4, -0.2) is 47.4 Å². The highest BCUT2D eigenvalue weighted by Crippen LogP contribution is 2.08. The fraction of sp³-hybridized carbons (Fsp3) is 0.769. The van der Waals surface area contributed by atoms with E-state index in [2.05, 4.69) is 5.32 Å². The zero-order valence-corrected chi connectivity index (χ0v) is 11.2. The first kappa shape index (κ1) is 15.5. The molecule has 0 bridgehead atoms. The van der Waals surface area contributed by atoms with Crippen LogP contribution in [0.15, 0.2) is 0 Å². The van der Waals surface area contributed by atoms with Crippen LogP contribution >= 0.6 is 0 Å². The second-order valence-corrected chi connectivity index (χ2v) is 4.83. The van der Waals surface area contributed by atoms with Crippen molar-refractivity contribution in [3.63, 3.8) is 0 Å². The second-order valence-electron chi connectivity index (χ2n) is 4.83. The molecule has 0 aliphatic carbocycles. The molecule has 0 radical (unpaired) electrons. The van der Waals surface area contributed by atoms with E-state index in [1.165, 1.54) is 0 Å². The highest BCUT2D eigenvalue weighted by molar-refractivity contribution is 5.85. The van der Waals surface area contributed by atoms with Crippen molar-refractivity contribution in [2.24, 2.45) is 0 Å². The molecular formula is C13H22N2O4.